The van der Waals surface area contributed by atoms with Gasteiger partial charge < -0.3 is 16.3 Å². The van der Waals surface area contributed by atoms with Gasteiger partial charge in [0, 0.05) is 12.2 Å². The van der Waals surface area contributed by atoms with Crippen molar-refractivity contribution in [2.45, 2.75) is 6.54 Å². The number of anilines is 1. The van der Waals surface area contributed by atoms with Crippen molar-refractivity contribution in [3.8, 4) is 0 Å². The Labute approximate surface area is 75.5 Å². The number of benzene rings is 1. The van der Waals surface area contributed by atoms with E-state index in [9.17, 15) is 4.79 Å². The summed E-state index contributed by atoms with van der Waals surface area (Å²) in [6.45, 7) is 0.328. The van der Waals surface area contributed by atoms with Crippen LogP contribution in [0.3, 0.4) is 0 Å². The zero-order valence-corrected chi connectivity index (χ0v) is 6.95. The number of nitrogens with one attached hydrogen (secondary N) is 2. The smallest absolute Gasteiger partial charge is 0.316 e. The van der Waals surface area contributed by atoms with Gasteiger partial charge >= 0.3 is 6.03 Å². The van der Waals surface area contributed by atoms with Gasteiger partial charge in [-0.25, -0.2) is 10.3 Å². The van der Waals surface area contributed by atoms with Gasteiger partial charge in [0.15, 0.2) is 0 Å². The highest BCUT2D eigenvalue weighted by molar-refractivity contribution is 5.87. The van der Waals surface area contributed by atoms with E-state index in [1.807, 2.05) is 11.5 Å². The monoisotopic (exact) mass is 181 g/mol. The molecule has 13 heavy (non-hydrogen) atoms. The summed E-state index contributed by atoms with van der Waals surface area (Å²) in [5, 5.41) is 10.9. The van der Waals surface area contributed by atoms with Crippen LogP contribution in [0.5, 0.6) is 0 Å². The number of hydroxylamine groups is 1. The van der Waals surface area contributed by atoms with Crippen LogP contribution in [0, 0.1) is 0 Å². The molecule has 0 aliphatic heterocycles. The summed E-state index contributed by atoms with van der Waals surface area (Å²) in [5.41, 5.74) is 8.42. The van der Waals surface area contributed by atoms with Crippen molar-refractivity contribution in [1.29, 1.82) is 0 Å². The molecule has 0 aliphatic rings. The van der Waals surface area contributed by atoms with Gasteiger partial charge in [0.2, 0.25) is 0 Å². The Hall–Kier alpha value is -1.59. The van der Waals surface area contributed by atoms with Gasteiger partial charge in [-0.2, -0.15) is 0 Å². The standard InChI is InChI=1S/C8H11N3O2/c9-8(12)11-7-3-1-2-6(4-7)5-10-13/h1-4,10,13H,5H2,(H3,9,11,12). The Morgan fingerprint density at radius 3 is 2.92 bits per heavy atom. The molecule has 0 aromatic heterocycles. The van der Waals surface area contributed by atoms with E-state index in [-0.39, 0.29) is 0 Å². The van der Waals surface area contributed by atoms with E-state index in [0.717, 1.165) is 5.56 Å². The summed E-state index contributed by atoms with van der Waals surface area (Å²) in [6, 6.07) is 6.40. The molecule has 5 nitrogen and oxygen atoms in total. The second kappa shape index (κ2) is 4.44. The van der Waals surface area contributed by atoms with Crippen LogP contribution in [0.25, 0.3) is 0 Å². The lowest BCUT2D eigenvalue weighted by Crippen LogP contribution is -2.19. The molecule has 0 atom stereocenters. The van der Waals surface area contributed by atoms with Crippen LogP contribution in [0.2, 0.25) is 0 Å². The largest absolute Gasteiger partial charge is 0.351 e. The van der Waals surface area contributed by atoms with Crippen LogP contribution in [-0.2, 0) is 6.54 Å². The van der Waals surface area contributed by atoms with Crippen LogP contribution in [0.1, 0.15) is 5.56 Å². The molecule has 0 saturated carbocycles. The highest BCUT2D eigenvalue weighted by Gasteiger charge is 1.96. The van der Waals surface area contributed by atoms with Gasteiger partial charge in [-0.05, 0) is 17.7 Å². The first-order valence-electron chi connectivity index (χ1n) is 3.74. The van der Waals surface area contributed by atoms with Crippen molar-refractivity contribution in [1.82, 2.24) is 5.48 Å². The van der Waals surface area contributed by atoms with Crippen molar-refractivity contribution in [3.05, 3.63) is 29.8 Å². The molecule has 2 amide bonds. The van der Waals surface area contributed by atoms with Crippen LogP contribution >= 0.6 is 0 Å². The molecule has 0 spiro atoms. The first-order valence-corrected chi connectivity index (χ1v) is 3.74. The van der Waals surface area contributed by atoms with Gasteiger partial charge in [-0.1, -0.05) is 12.1 Å². The van der Waals surface area contributed by atoms with Gasteiger partial charge in [-0.3, -0.25) is 0 Å². The minimum absolute atomic E-state index is 0.328. The Morgan fingerprint density at radius 1 is 1.54 bits per heavy atom. The number of hydrogen-bond acceptors (Lipinski definition) is 3. The molecule has 0 radical (unpaired) electrons. The summed E-state index contributed by atoms with van der Waals surface area (Å²) in [6.07, 6.45) is 0. The van der Waals surface area contributed by atoms with E-state index in [4.69, 9.17) is 10.9 Å². The summed E-state index contributed by atoms with van der Waals surface area (Å²) in [7, 11) is 0. The molecule has 70 valence electrons. The number of nitrogens with two attached hydrogens (primary N) is 1. The molecular formula is C8H11N3O2. The van der Waals surface area contributed by atoms with Crippen molar-refractivity contribution in [2.24, 2.45) is 5.73 Å². The van der Waals surface area contributed by atoms with Gasteiger partial charge in [0.25, 0.3) is 0 Å². The van der Waals surface area contributed by atoms with Crippen LogP contribution < -0.4 is 16.5 Å². The van der Waals surface area contributed by atoms with E-state index >= 15 is 0 Å². The maximum atomic E-state index is 10.5. The normalized spacial score (nSPS) is 9.62. The Balaban J connectivity index is 2.73. The molecule has 0 heterocycles. The third kappa shape index (κ3) is 3.10. The van der Waals surface area contributed by atoms with Gasteiger partial charge in [0.1, 0.15) is 0 Å². The molecule has 0 fully saturated rings. The van der Waals surface area contributed by atoms with Crippen molar-refractivity contribution < 1.29 is 10.0 Å². The SMILES string of the molecule is NC(=O)Nc1cccc(CNO)c1. The number of carbonyl (C=O) groups excluding carboxylic acids is 1. The van der Waals surface area contributed by atoms with Gasteiger partial charge in [-0.15, -0.1) is 0 Å². The highest BCUT2D eigenvalue weighted by Crippen LogP contribution is 2.09. The van der Waals surface area contributed by atoms with Crippen LogP contribution in [0.15, 0.2) is 24.3 Å². The quantitative estimate of drug-likeness (QED) is 0.516. The maximum absolute atomic E-state index is 10.5. The summed E-state index contributed by atoms with van der Waals surface area (Å²) >= 11 is 0. The van der Waals surface area contributed by atoms with Gasteiger partial charge in [0.05, 0.1) is 0 Å². The maximum Gasteiger partial charge on any atom is 0.316 e. The lowest BCUT2D eigenvalue weighted by molar-refractivity contribution is 0.161. The molecule has 0 aliphatic carbocycles. The van der Waals surface area contributed by atoms with Crippen molar-refractivity contribution in [2.75, 3.05) is 5.32 Å². The number of primary amides is 1. The van der Waals surface area contributed by atoms with Crippen LogP contribution in [0.4, 0.5) is 10.5 Å². The molecule has 0 unspecified atom stereocenters. The second-order valence-electron chi connectivity index (χ2n) is 2.52. The average molecular weight is 181 g/mol. The second-order valence-corrected chi connectivity index (χ2v) is 2.52. The fourth-order valence-corrected chi connectivity index (χ4v) is 0.993. The fourth-order valence-electron chi connectivity index (χ4n) is 0.993. The number of rotatable bonds is 3. The first kappa shape index (κ1) is 9.50. The van der Waals surface area contributed by atoms with Crippen molar-refractivity contribution in [3.63, 3.8) is 0 Å². The molecule has 0 bridgehead atoms. The average Bonchev–Trinajstić information content (AvgIpc) is 2.04. The topological polar surface area (TPSA) is 87.4 Å². The zero-order chi connectivity index (χ0) is 9.68. The van der Waals surface area contributed by atoms with E-state index in [1.54, 1.807) is 18.2 Å². The number of hydrogen-bond donors (Lipinski definition) is 4. The zero-order valence-electron chi connectivity index (χ0n) is 6.95. The predicted molar refractivity (Wildman–Crippen MR) is 48.3 cm³/mol. The third-order valence-corrected chi connectivity index (χ3v) is 1.48. The van der Waals surface area contributed by atoms with Crippen LogP contribution in [-0.4, -0.2) is 11.2 Å². The summed E-state index contributed by atoms with van der Waals surface area (Å²) in [4.78, 5) is 10.5. The highest BCUT2D eigenvalue weighted by atomic mass is 16.5. The van der Waals surface area contributed by atoms with E-state index in [1.165, 1.54) is 0 Å². The predicted octanol–water partition coefficient (Wildman–Crippen LogP) is 0.656. The first-order chi connectivity index (χ1) is 6.22. The summed E-state index contributed by atoms with van der Waals surface area (Å²) in [5.74, 6) is 0. The van der Waals surface area contributed by atoms with E-state index in [2.05, 4.69) is 5.32 Å². The Bertz CT molecular complexity index is 301. The Morgan fingerprint density at radius 2 is 2.31 bits per heavy atom. The molecule has 1 aromatic rings. The summed E-state index contributed by atoms with van der Waals surface area (Å²) < 4.78 is 0. The molecule has 5 heteroatoms. The molecular weight excluding hydrogens is 170 g/mol. The minimum Gasteiger partial charge on any atom is -0.351 e. The molecule has 1 rings (SSSR count). The number of urea groups is 1. The fraction of sp³-hybridized carbons (Fsp3) is 0.125. The minimum atomic E-state index is -0.603. The van der Waals surface area contributed by atoms with E-state index < -0.39 is 6.03 Å². The molecule has 0 saturated heterocycles. The number of carbonyl (C=O) groups is 1. The van der Waals surface area contributed by atoms with E-state index in [0.29, 0.717) is 12.2 Å². The van der Waals surface area contributed by atoms with Crippen molar-refractivity contribution >= 4 is 11.7 Å². The third-order valence-electron chi connectivity index (χ3n) is 1.48. The lowest BCUT2D eigenvalue weighted by Gasteiger charge is -2.03. The lowest BCUT2D eigenvalue weighted by atomic mass is 10.2. The number of amides is 2. The molecule has 1 aromatic carbocycles. The Kier molecular flexibility index (Phi) is 3.24. The molecule has 5 N–H and O–H groups in total.